The van der Waals surface area contributed by atoms with Crippen LogP contribution in [0, 0.1) is 11.8 Å². The largest absolute Gasteiger partial charge is 0.496 e. The highest BCUT2D eigenvalue weighted by molar-refractivity contribution is 5.82. The Morgan fingerprint density at radius 2 is 1.62 bits per heavy atom. The average Bonchev–Trinajstić information content (AvgIpc) is 3.64. The molecule has 2 aromatic heterocycles. The molecule has 0 N–H and O–H groups in total. The maximum atomic E-state index is 5.92. The Bertz CT molecular complexity index is 1190. The summed E-state index contributed by atoms with van der Waals surface area (Å²) in [5, 5.41) is 5.20. The first-order chi connectivity index (χ1) is 18.0. The minimum Gasteiger partial charge on any atom is -0.496 e. The molecule has 1 saturated heterocycles. The molecule has 3 aromatic rings. The van der Waals surface area contributed by atoms with Crippen LogP contribution in [0.5, 0.6) is 11.5 Å². The van der Waals surface area contributed by atoms with Gasteiger partial charge in [0.15, 0.2) is 0 Å². The van der Waals surface area contributed by atoms with Crippen LogP contribution >= 0.6 is 0 Å². The fraction of sp³-hybridized carbons (Fsp3) is 0.567. The average molecular weight is 507 g/mol. The predicted molar refractivity (Wildman–Crippen MR) is 149 cm³/mol. The van der Waals surface area contributed by atoms with Crippen molar-refractivity contribution >= 4 is 11.2 Å². The second kappa shape index (κ2) is 11.3. The van der Waals surface area contributed by atoms with Crippen molar-refractivity contribution in [1.29, 1.82) is 0 Å². The third-order valence-corrected chi connectivity index (χ3v) is 7.67. The molecule has 0 atom stereocenters. The summed E-state index contributed by atoms with van der Waals surface area (Å²) in [5.41, 5.74) is 6.68. The second-order valence-electron chi connectivity index (χ2n) is 10.9. The predicted octanol–water partition coefficient (Wildman–Crippen LogP) is 5.29. The Balaban J connectivity index is 1.62. The van der Waals surface area contributed by atoms with E-state index in [4.69, 9.17) is 19.3 Å². The Kier molecular flexibility index (Phi) is 7.91. The fourth-order valence-electron chi connectivity index (χ4n) is 5.66. The molecule has 7 heteroatoms. The maximum absolute atomic E-state index is 5.92. The standard InChI is InChI=1S/C30H42N4O3/c1-6-24-30(33(19-21-10-11-21)20-22-12-14-37-15-13-22)26-9-7-8-25(34(26)31-24)29-27(35-4)16-23(18-32(2)3)17-28(29)36-5/h7-9,16-17,21-22H,6,10-15,18-20H2,1-5H3. The molecular weight excluding hydrogens is 464 g/mol. The lowest BCUT2D eigenvalue weighted by Gasteiger charge is -2.31. The summed E-state index contributed by atoms with van der Waals surface area (Å²) >= 11 is 0. The molecule has 5 rings (SSSR count). The van der Waals surface area contributed by atoms with Crippen molar-refractivity contribution < 1.29 is 14.2 Å². The summed E-state index contributed by atoms with van der Waals surface area (Å²) < 4.78 is 19.6. The number of hydrogen-bond acceptors (Lipinski definition) is 6. The van der Waals surface area contributed by atoms with E-state index in [-0.39, 0.29) is 0 Å². The lowest BCUT2D eigenvalue weighted by molar-refractivity contribution is 0.0682. The van der Waals surface area contributed by atoms with E-state index in [0.717, 1.165) is 97.6 Å². The lowest BCUT2D eigenvalue weighted by Crippen LogP contribution is -2.34. The van der Waals surface area contributed by atoms with Crippen molar-refractivity contribution in [2.75, 3.05) is 59.5 Å². The summed E-state index contributed by atoms with van der Waals surface area (Å²) in [6.07, 6.45) is 5.84. The molecule has 0 radical (unpaired) electrons. The van der Waals surface area contributed by atoms with Crippen LogP contribution in [0.15, 0.2) is 30.3 Å². The number of nitrogens with zero attached hydrogens (tertiary/aromatic N) is 4. The van der Waals surface area contributed by atoms with Gasteiger partial charge in [-0.05, 0) is 87.9 Å². The van der Waals surface area contributed by atoms with Crippen molar-refractivity contribution in [1.82, 2.24) is 14.5 Å². The van der Waals surface area contributed by atoms with E-state index in [2.05, 4.69) is 65.7 Å². The van der Waals surface area contributed by atoms with E-state index in [1.54, 1.807) is 14.2 Å². The number of anilines is 1. The Morgan fingerprint density at radius 3 is 2.19 bits per heavy atom. The molecule has 0 amide bonds. The molecule has 0 unspecified atom stereocenters. The number of benzene rings is 1. The SMILES string of the molecule is CCc1nn2c(-c3c(OC)cc(CN(C)C)cc3OC)cccc2c1N(CC1CCOCC1)CC1CC1. The van der Waals surface area contributed by atoms with E-state index in [0.29, 0.717) is 5.92 Å². The number of ether oxygens (including phenoxy) is 3. The van der Waals surface area contributed by atoms with Crippen LogP contribution in [0.4, 0.5) is 5.69 Å². The van der Waals surface area contributed by atoms with Crippen LogP contribution in [0.3, 0.4) is 0 Å². The Morgan fingerprint density at radius 1 is 0.973 bits per heavy atom. The number of rotatable bonds is 11. The zero-order chi connectivity index (χ0) is 25.9. The second-order valence-corrected chi connectivity index (χ2v) is 10.9. The van der Waals surface area contributed by atoms with Crippen LogP contribution in [0.2, 0.25) is 0 Å². The fourth-order valence-corrected chi connectivity index (χ4v) is 5.66. The highest BCUT2D eigenvalue weighted by Gasteiger charge is 2.30. The summed E-state index contributed by atoms with van der Waals surface area (Å²) in [6, 6.07) is 10.7. The number of hydrogen-bond donors (Lipinski definition) is 0. The van der Waals surface area contributed by atoms with Crippen LogP contribution in [0.1, 0.15) is 43.9 Å². The van der Waals surface area contributed by atoms with Gasteiger partial charge in [-0.3, -0.25) is 0 Å². The van der Waals surface area contributed by atoms with E-state index < -0.39 is 0 Å². The molecule has 0 bridgehead atoms. The lowest BCUT2D eigenvalue weighted by atomic mass is 9.99. The molecule has 2 fully saturated rings. The van der Waals surface area contributed by atoms with Gasteiger partial charge in [0.25, 0.3) is 0 Å². The van der Waals surface area contributed by atoms with Gasteiger partial charge in [-0.2, -0.15) is 5.10 Å². The van der Waals surface area contributed by atoms with Crippen LogP contribution in [-0.2, 0) is 17.7 Å². The molecule has 3 heterocycles. The maximum Gasteiger partial charge on any atom is 0.132 e. The Hall–Kier alpha value is -2.77. The monoisotopic (exact) mass is 506 g/mol. The van der Waals surface area contributed by atoms with Gasteiger partial charge in [0.05, 0.1) is 42.4 Å². The van der Waals surface area contributed by atoms with Crippen molar-refractivity contribution in [2.24, 2.45) is 11.8 Å². The van der Waals surface area contributed by atoms with Gasteiger partial charge in [-0.1, -0.05) is 13.0 Å². The zero-order valence-electron chi connectivity index (χ0n) is 23.1. The van der Waals surface area contributed by atoms with E-state index in [1.807, 2.05) is 0 Å². The summed E-state index contributed by atoms with van der Waals surface area (Å²) in [4.78, 5) is 4.79. The quantitative estimate of drug-likeness (QED) is 0.352. The van der Waals surface area contributed by atoms with Crippen molar-refractivity contribution in [3.63, 3.8) is 0 Å². The number of methoxy groups -OCH3 is 2. The number of fused-ring (bicyclic) bond motifs is 1. The van der Waals surface area contributed by atoms with Crippen molar-refractivity contribution in [3.8, 4) is 22.8 Å². The first-order valence-electron chi connectivity index (χ1n) is 13.8. The van der Waals surface area contributed by atoms with Crippen LogP contribution in [0.25, 0.3) is 16.8 Å². The molecular formula is C30H42N4O3. The third kappa shape index (κ3) is 5.58. The molecule has 7 nitrogen and oxygen atoms in total. The topological polar surface area (TPSA) is 51.5 Å². The number of aromatic nitrogens is 2. The van der Waals surface area contributed by atoms with Crippen molar-refractivity contribution in [2.45, 2.75) is 45.6 Å². The van der Waals surface area contributed by atoms with Crippen molar-refractivity contribution in [3.05, 3.63) is 41.6 Å². The van der Waals surface area contributed by atoms with E-state index in [9.17, 15) is 0 Å². The van der Waals surface area contributed by atoms with E-state index in [1.165, 1.54) is 18.5 Å². The van der Waals surface area contributed by atoms with Gasteiger partial charge < -0.3 is 24.0 Å². The van der Waals surface area contributed by atoms with E-state index >= 15 is 0 Å². The molecule has 200 valence electrons. The molecule has 0 spiro atoms. The van der Waals surface area contributed by atoms with Gasteiger partial charge in [0.2, 0.25) is 0 Å². The first-order valence-corrected chi connectivity index (χ1v) is 13.8. The summed E-state index contributed by atoms with van der Waals surface area (Å²) in [5.74, 6) is 3.07. The third-order valence-electron chi connectivity index (χ3n) is 7.67. The minimum atomic E-state index is 0.666. The summed E-state index contributed by atoms with van der Waals surface area (Å²) in [6.45, 7) is 6.97. The molecule has 1 aliphatic carbocycles. The minimum absolute atomic E-state index is 0.666. The molecule has 1 aliphatic heterocycles. The highest BCUT2D eigenvalue weighted by atomic mass is 16.5. The molecule has 2 aliphatic rings. The van der Waals surface area contributed by atoms with Crippen LogP contribution < -0.4 is 14.4 Å². The molecule has 1 aromatic carbocycles. The zero-order valence-corrected chi connectivity index (χ0v) is 23.1. The Labute approximate surface area is 221 Å². The van der Waals surface area contributed by atoms with Gasteiger partial charge in [0, 0.05) is 32.8 Å². The number of pyridine rings is 1. The molecule has 37 heavy (non-hydrogen) atoms. The van der Waals surface area contributed by atoms with Gasteiger partial charge in [-0.15, -0.1) is 0 Å². The first kappa shape index (κ1) is 25.9. The normalized spacial score (nSPS) is 16.5. The van der Waals surface area contributed by atoms with Gasteiger partial charge >= 0.3 is 0 Å². The summed E-state index contributed by atoms with van der Waals surface area (Å²) in [7, 11) is 7.60. The van der Waals surface area contributed by atoms with Crippen LogP contribution in [-0.4, -0.2) is 69.1 Å². The number of aryl methyl sites for hydroxylation is 1. The smallest absolute Gasteiger partial charge is 0.132 e. The highest BCUT2D eigenvalue weighted by Crippen LogP contribution is 2.42. The van der Waals surface area contributed by atoms with Gasteiger partial charge in [0.1, 0.15) is 11.5 Å². The van der Waals surface area contributed by atoms with Gasteiger partial charge in [-0.25, -0.2) is 4.52 Å². The molecule has 1 saturated carbocycles.